The van der Waals surface area contributed by atoms with E-state index in [4.69, 9.17) is 4.52 Å². The molecular weight excluding hydrogens is 372 g/mol. The molecule has 4 rings (SSSR count). The number of carbonyl (C=O) groups is 1. The molecule has 1 unspecified atom stereocenters. The van der Waals surface area contributed by atoms with Gasteiger partial charge in [0.05, 0.1) is 0 Å². The number of benzene rings is 2. The molecule has 6 nitrogen and oxygen atoms in total. The zero-order valence-corrected chi connectivity index (χ0v) is 16.7. The maximum Gasteiger partial charge on any atom is 0.322 e. The predicted molar refractivity (Wildman–Crippen MR) is 110 cm³/mol. The van der Waals surface area contributed by atoms with E-state index in [1.54, 1.807) is 16.7 Å². The molecule has 1 fully saturated rings. The van der Waals surface area contributed by atoms with Gasteiger partial charge < -0.3 is 14.7 Å². The number of anilines is 1. The van der Waals surface area contributed by atoms with E-state index in [0.29, 0.717) is 18.3 Å². The van der Waals surface area contributed by atoms with Crippen molar-refractivity contribution in [2.24, 2.45) is 0 Å². The number of hydrogen-bond acceptors (Lipinski definition) is 5. The highest BCUT2D eigenvalue weighted by molar-refractivity contribution is 7.98. The minimum atomic E-state index is -0.198. The molecule has 1 N–H and O–H groups in total. The Kier molecular flexibility index (Phi) is 5.34. The monoisotopic (exact) mass is 394 g/mol. The number of hydrogen-bond donors (Lipinski definition) is 1. The van der Waals surface area contributed by atoms with Crippen molar-refractivity contribution in [2.45, 2.75) is 30.7 Å². The fourth-order valence-corrected chi connectivity index (χ4v) is 3.82. The van der Waals surface area contributed by atoms with Gasteiger partial charge in [0.15, 0.2) is 0 Å². The zero-order valence-electron chi connectivity index (χ0n) is 15.9. The van der Waals surface area contributed by atoms with E-state index < -0.39 is 0 Å². The van der Waals surface area contributed by atoms with Crippen molar-refractivity contribution in [1.82, 2.24) is 15.0 Å². The van der Waals surface area contributed by atoms with Crippen molar-refractivity contribution in [1.29, 1.82) is 0 Å². The smallest absolute Gasteiger partial charge is 0.322 e. The molecule has 2 amide bonds. The Morgan fingerprint density at radius 3 is 2.82 bits per heavy atom. The van der Waals surface area contributed by atoms with Gasteiger partial charge in [-0.15, -0.1) is 11.8 Å². The first-order chi connectivity index (χ1) is 13.6. The third-order valence-corrected chi connectivity index (χ3v) is 5.60. The van der Waals surface area contributed by atoms with Crippen LogP contribution in [0.15, 0.2) is 57.9 Å². The molecule has 1 aliphatic rings. The van der Waals surface area contributed by atoms with Crippen LogP contribution in [0.5, 0.6) is 0 Å². The van der Waals surface area contributed by atoms with Gasteiger partial charge in [-0.2, -0.15) is 4.98 Å². The number of thioether (sulfide) groups is 1. The topological polar surface area (TPSA) is 71.3 Å². The number of urea groups is 1. The van der Waals surface area contributed by atoms with E-state index in [1.807, 2.05) is 61.7 Å². The second-order valence-electron chi connectivity index (χ2n) is 6.84. The van der Waals surface area contributed by atoms with E-state index >= 15 is 0 Å². The molecule has 1 aromatic heterocycles. The van der Waals surface area contributed by atoms with Gasteiger partial charge in [0.25, 0.3) is 0 Å². The van der Waals surface area contributed by atoms with Crippen LogP contribution in [0.4, 0.5) is 10.5 Å². The lowest BCUT2D eigenvalue weighted by Crippen LogP contribution is -2.34. The van der Waals surface area contributed by atoms with Crippen molar-refractivity contribution in [3.63, 3.8) is 0 Å². The summed E-state index contributed by atoms with van der Waals surface area (Å²) in [5, 5.41) is 7.09. The molecule has 0 spiro atoms. The number of amides is 2. The van der Waals surface area contributed by atoms with Gasteiger partial charge in [-0.25, -0.2) is 4.79 Å². The summed E-state index contributed by atoms with van der Waals surface area (Å²) in [6, 6.07) is 15.4. The van der Waals surface area contributed by atoms with Crippen molar-refractivity contribution in [2.75, 3.05) is 18.1 Å². The Morgan fingerprint density at radius 2 is 2.07 bits per heavy atom. The fourth-order valence-electron chi connectivity index (χ4n) is 3.41. The number of nitrogens with zero attached hydrogens (tertiary/aromatic N) is 3. The summed E-state index contributed by atoms with van der Waals surface area (Å²) in [5.41, 5.74) is 2.83. The molecule has 7 heteroatoms. The van der Waals surface area contributed by atoms with Gasteiger partial charge in [0, 0.05) is 22.7 Å². The first-order valence-electron chi connectivity index (χ1n) is 9.26. The van der Waals surface area contributed by atoms with Crippen LogP contribution >= 0.6 is 11.8 Å². The lowest BCUT2D eigenvalue weighted by molar-refractivity contribution is 0.193. The molecule has 0 aliphatic carbocycles. The minimum absolute atomic E-state index is 0.144. The van der Waals surface area contributed by atoms with E-state index in [0.717, 1.165) is 34.6 Å². The average molecular weight is 395 g/mol. The Bertz CT molecular complexity index is 971. The lowest BCUT2D eigenvalue weighted by Gasteiger charge is -2.22. The van der Waals surface area contributed by atoms with Gasteiger partial charge >= 0.3 is 6.03 Å². The number of nitrogens with one attached hydrogen (secondary N) is 1. The highest BCUT2D eigenvalue weighted by atomic mass is 32.2. The molecule has 1 saturated heterocycles. The lowest BCUT2D eigenvalue weighted by atomic mass is 10.1. The maximum absolute atomic E-state index is 12.8. The van der Waals surface area contributed by atoms with Crippen molar-refractivity contribution < 1.29 is 9.32 Å². The largest absolute Gasteiger partial charge is 0.337 e. The van der Waals surface area contributed by atoms with Gasteiger partial charge in [0.2, 0.25) is 11.7 Å². The van der Waals surface area contributed by atoms with Crippen LogP contribution in [0.1, 0.15) is 30.3 Å². The normalized spacial score (nSPS) is 16.4. The van der Waals surface area contributed by atoms with Crippen molar-refractivity contribution >= 4 is 23.5 Å². The van der Waals surface area contributed by atoms with Crippen LogP contribution in [-0.4, -0.2) is 33.9 Å². The molecule has 1 atom stereocenters. The molecule has 1 aliphatic heterocycles. The predicted octanol–water partition coefficient (Wildman–Crippen LogP) is 5.14. The van der Waals surface area contributed by atoms with Gasteiger partial charge in [0.1, 0.15) is 6.04 Å². The summed E-state index contributed by atoms with van der Waals surface area (Å²) in [4.78, 5) is 20.3. The van der Waals surface area contributed by atoms with Crippen molar-refractivity contribution in [3.05, 3.63) is 60.0 Å². The zero-order chi connectivity index (χ0) is 19.5. The fraction of sp³-hybridized carbons (Fsp3) is 0.286. The second-order valence-corrected chi connectivity index (χ2v) is 7.72. The van der Waals surface area contributed by atoms with Gasteiger partial charge in [-0.3, -0.25) is 0 Å². The van der Waals surface area contributed by atoms with Crippen LogP contribution in [0.25, 0.3) is 11.4 Å². The van der Waals surface area contributed by atoms with Crippen LogP contribution < -0.4 is 5.32 Å². The number of aryl methyl sites for hydroxylation is 1. The number of aromatic nitrogens is 2. The van der Waals surface area contributed by atoms with Crippen LogP contribution in [0.2, 0.25) is 0 Å². The van der Waals surface area contributed by atoms with E-state index in [-0.39, 0.29) is 12.1 Å². The molecule has 2 heterocycles. The van der Waals surface area contributed by atoms with Gasteiger partial charge in [-0.05, 0) is 56.4 Å². The highest BCUT2D eigenvalue weighted by Crippen LogP contribution is 2.32. The number of rotatable bonds is 4. The summed E-state index contributed by atoms with van der Waals surface area (Å²) in [6.07, 6.45) is 3.75. The first-order valence-corrected chi connectivity index (χ1v) is 10.5. The number of carbonyl (C=O) groups excluding carboxylic acids is 1. The Morgan fingerprint density at radius 1 is 1.25 bits per heavy atom. The third-order valence-electron chi connectivity index (χ3n) is 4.86. The summed E-state index contributed by atoms with van der Waals surface area (Å²) < 4.78 is 5.52. The minimum Gasteiger partial charge on any atom is -0.337 e. The standard InChI is InChI=1S/C21H22N4O2S/c1-14-5-3-6-15(13-14)19-23-20(27-24-19)18-7-4-12-25(18)21(26)22-16-8-10-17(28-2)11-9-16/h3,5-6,8-11,13,18H,4,7,12H2,1-2H3,(H,22,26). The van der Waals surface area contributed by atoms with Gasteiger partial charge in [-0.1, -0.05) is 28.9 Å². The van der Waals surface area contributed by atoms with Crippen LogP contribution in [0, 0.1) is 6.92 Å². The summed E-state index contributed by atoms with van der Waals surface area (Å²) in [7, 11) is 0. The molecule has 3 aromatic rings. The Hall–Kier alpha value is -2.80. The quantitative estimate of drug-likeness (QED) is 0.621. The maximum atomic E-state index is 12.8. The first kappa shape index (κ1) is 18.6. The Labute approximate surface area is 168 Å². The molecule has 0 saturated carbocycles. The van der Waals surface area contributed by atoms with E-state index in [9.17, 15) is 4.79 Å². The SMILES string of the molecule is CSc1ccc(NC(=O)N2CCCC2c2nc(-c3cccc(C)c3)no2)cc1. The molecule has 28 heavy (non-hydrogen) atoms. The molecule has 144 valence electrons. The highest BCUT2D eigenvalue weighted by Gasteiger charge is 2.34. The molecular formula is C21H22N4O2S. The Balaban J connectivity index is 1.49. The summed E-state index contributed by atoms with van der Waals surface area (Å²) in [5.74, 6) is 1.04. The average Bonchev–Trinajstić information content (AvgIpc) is 3.38. The third kappa shape index (κ3) is 3.89. The van der Waals surface area contributed by atoms with E-state index in [1.165, 1.54) is 0 Å². The molecule has 2 aromatic carbocycles. The van der Waals surface area contributed by atoms with Crippen LogP contribution in [0.3, 0.4) is 0 Å². The second kappa shape index (κ2) is 8.06. The van der Waals surface area contributed by atoms with Crippen molar-refractivity contribution in [3.8, 4) is 11.4 Å². The number of likely N-dealkylation sites (tertiary alicyclic amines) is 1. The summed E-state index contributed by atoms with van der Waals surface area (Å²) >= 11 is 1.67. The molecule has 0 radical (unpaired) electrons. The van der Waals surface area contributed by atoms with E-state index in [2.05, 4.69) is 15.5 Å². The van der Waals surface area contributed by atoms with Crippen LogP contribution in [-0.2, 0) is 0 Å². The summed E-state index contributed by atoms with van der Waals surface area (Å²) in [6.45, 7) is 2.70. The molecule has 0 bridgehead atoms.